The molecule has 0 aliphatic carbocycles. The Morgan fingerprint density at radius 1 is 1.31 bits per heavy atom. The van der Waals surface area contributed by atoms with Crippen LogP contribution in [0.25, 0.3) is 0 Å². The van der Waals surface area contributed by atoms with Crippen LogP contribution in [0.15, 0.2) is 29.3 Å². The molecule has 0 spiro atoms. The first kappa shape index (κ1) is 25.5. The zero-order valence-electron chi connectivity index (χ0n) is 17.8. The smallest absolute Gasteiger partial charge is 0.409 e. The van der Waals surface area contributed by atoms with E-state index in [1.165, 1.54) is 6.07 Å². The number of carbonyl (C=O) groups is 1. The molecule has 29 heavy (non-hydrogen) atoms. The molecule has 8 heteroatoms. The number of nitrogens with zero attached hydrogens (tertiary/aromatic N) is 2. The molecule has 0 aromatic heterocycles. The Morgan fingerprint density at radius 3 is 2.59 bits per heavy atom. The maximum atomic E-state index is 13.6. The van der Waals surface area contributed by atoms with Gasteiger partial charge < -0.3 is 20.3 Å². The molecule has 1 amide bonds. The lowest BCUT2D eigenvalue weighted by atomic mass is 9.85. The van der Waals surface area contributed by atoms with Crippen molar-refractivity contribution in [1.82, 2.24) is 15.5 Å². The molecule has 164 valence electrons. The molecule has 1 aromatic carbocycles. The van der Waals surface area contributed by atoms with Crippen LogP contribution >= 0.6 is 24.0 Å². The predicted octanol–water partition coefficient (Wildman–Crippen LogP) is 3.90. The van der Waals surface area contributed by atoms with Crippen molar-refractivity contribution in [2.24, 2.45) is 4.99 Å². The third kappa shape index (κ3) is 7.98. The summed E-state index contributed by atoms with van der Waals surface area (Å²) in [5, 5.41) is 6.75. The Bertz CT molecular complexity index is 676. The second-order valence-electron chi connectivity index (χ2n) is 7.69. The molecule has 0 saturated carbocycles. The summed E-state index contributed by atoms with van der Waals surface area (Å²) in [6.07, 6.45) is 1.45. The van der Waals surface area contributed by atoms with Crippen LogP contribution in [0.1, 0.15) is 46.1 Å². The zero-order valence-corrected chi connectivity index (χ0v) is 20.2. The standard InChI is InChI=1S/C21H33FN4O2.HI/c1-5-23-19(24-15-21(3,4)16-8-7-9-17(22)14-16)25-18-10-12-26(13-11-18)20(27)28-6-2;/h7-9,14,18H,5-6,10-13,15H2,1-4H3,(H2,23,24,25);1H. The molecule has 2 rings (SSSR count). The summed E-state index contributed by atoms with van der Waals surface area (Å²) < 4.78 is 18.6. The van der Waals surface area contributed by atoms with Crippen molar-refractivity contribution in [2.75, 3.05) is 32.8 Å². The summed E-state index contributed by atoms with van der Waals surface area (Å²) in [7, 11) is 0. The van der Waals surface area contributed by atoms with Gasteiger partial charge in [-0.1, -0.05) is 26.0 Å². The average molecular weight is 520 g/mol. The third-order valence-corrected chi connectivity index (χ3v) is 4.94. The van der Waals surface area contributed by atoms with Crippen LogP contribution in [0.5, 0.6) is 0 Å². The fourth-order valence-electron chi connectivity index (χ4n) is 3.21. The summed E-state index contributed by atoms with van der Waals surface area (Å²) in [4.78, 5) is 18.3. The minimum absolute atomic E-state index is 0. The van der Waals surface area contributed by atoms with E-state index in [1.54, 1.807) is 17.0 Å². The maximum absolute atomic E-state index is 13.6. The summed E-state index contributed by atoms with van der Waals surface area (Å²) in [6, 6.07) is 6.94. The Hall–Kier alpha value is -1.58. The highest BCUT2D eigenvalue weighted by Gasteiger charge is 2.25. The van der Waals surface area contributed by atoms with Crippen LogP contribution in [0, 0.1) is 5.82 Å². The molecule has 1 fully saturated rings. The van der Waals surface area contributed by atoms with Gasteiger partial charge in [-0.3, -0.25) is 4.99 Å². The first-order valence-corrected chi connectivity index (χ1v) is 10.1. The minimum atomic E-state index is -0.280. The highest BCUT2D eigenvalue weighted by molar-refractivity contribution is 14.0. The number of piperidine rings is 1. The van der Waals surface area contributed by atoms with Crippen LogP contribution in [-0.2, 0) is 10.2 Å². The maximum Gasteiger partial charge on any atom is 0.409 e. The highest BCUT2D eigenvalue weighted by Crippen LogP contribution is 2.24. The van der Waals surface area contributed by atoms with E-state index >= 15 is 0 Å². The van der Waals surface area contributed by atoms with Gasteiger partial charge in [-0.05, 0) is 44.4 Å². The van der Waals surface area contributed by atoms with Crippen molar-refractivity contribution in [3.05, 3.63) is 35.6 Å². The second-order valence-corrected chi connectivity index (χ2v) is 7.69. The fraction of sp³-hybridized carbons (Fsp3) is 0.619. The second kappa shape index (κ2) is 12.2. The van der Waals surface area contributed by atoms with Gasteiger partial charge in [-0.2, -0.15) is 0 Å². The van der Waals surface area contributed by atoms with Crippen molar-refractivity contribution >= 4 is 36.0 Å². The fourth-order valence-corrected chi connectivity index (χ4v) is 3.21. The average Bonchev–Trinajstić information content (AvgIpc) is 2.67. The van der Waals surface area contributed by atoms with E-state index in [-0.39, 0.29) is 47.3 Å². The number of ether oxygens (including phenoxy) is 1. The number of rotatable bonds is 6. The summed E-state index contributed by atoms with van der Waals surface area (Å²) in [5.41, 5.74) is 0.646. The van der Waals surface area contributed by atoms with Gasteiger partial charge >= 0.3 is 6.09 Å². The summed E-state index contributed by atoms with van der Waals surface area (Å²) in [5.74, 6) is 0.523. The van der Waals surface area contributed by atoms with Crippen molar-refractivity contribution in [2.45, 2.75) is 52.0 Å². The number of amides is 1. The first-order chi connectivity index (χ1) is 13.4. The molecule has 1 saturated heterocycles. The van der Waals surface area contributed by atoms with Crippen molar-refractivity contribution < 1.29 is 13.9 Å². The molecule has 0 bridgehead atoms. The lowest BCUT2D eigenvalue weighted by molar-refractivity contribution is 0.0963. The Labute approximate surface area is 190 Å². The number of hydrogen-bond donors (Lipinski definition) is 2. The van der Waals surface area contributed by atoms with Crippen molar-refractivity contribution in [1.29, 1.82) is 0 Å². The lowest BCUT2D eigenvalue weighted by Crippen LogP contribution is -2.50. The van der Waals surface area contributed by atoms with Crippen LogP contribution in [-0.4, -0.2) is 55.8 Å². The number of hydrogen-bond acceptors (Lipinski definition) is 3. The lowest BCUT2D eigenvalue weighted by Gasteiger charge is -2.32. The van der Waals surface area contributed by atoms with Gasteiger partial charge in [0.25, 0.3) is 0 Å². The zero-order chi connectivity index (χ0) is 20.6. The monoisotopic (exact) mass is 520 g/mol. The van der Waals surface area contributed by atoms with Gasteiger partial charge in [-0.25, -0.2) is 9.18 Å². The molecular weight excluding hydrogens is 486 g/mol. The van der Waals surface area contributed by atoms with Crippen molar-refractivity contribution in [3.8, 4) is 0 Å². The SMILES string of the molecule is CCNC(=NCC(C)(C)c1cccc(F)c1)NC1CCN(C(=O)OCC)CC1.I. The van der Waals surface area contributed by atoms with Crippen LogP contribution in [0.3, 0.4) is 0 Å². The van der Waals surface area contributed by atoms with Gasteiger partial charge in [-0.15, -0.1) is 24.0 Å². The van der Waals surface area contributed by atoms with Gasteiger partial charge in [0.1, 0.15) is 5.82 Å². The van der Waals surface area contributed by atoms with E-state index in [2.05, 4.69) is 24.5 Å². The summed E-state index contributed by atoms with van der Waals surface area (Å²) >= 11 is 0. The summed E-state index contributed by atoms with van der Waals surface area (Å²) in [6.45, 7) is 11.0. The Kier molecular flexibility index (Phi) is 10.7. The quantitative estimate of drug-likeness (QED) is 0.340. The van der Waals surface area contributed by atoms with Crippen LogP contribution in [0.2, 0.25) is 0 Å². The highest BCUT2D eigenvalue weighted by atomic mass is 127. The number of likely N-dealkylation sites (tertiary alicyclic amines) is 1. The Morgan fingerprint density at radius 2 is 2.00 bits per heavy atom. The molecule has 1 heterocycles. The molecule has 2 N–H and O–H groups in total. The van der Waals surface area contributed by atoms with Crippen LogP contribution < -0.4 is 10.6 Å². The van der Waals surface area contributed by atoms with E-state index < -0.39 is 0 Å². The number of benzene rings is 1. The molecule has 0 unspecified atom stereocenters. The normalized spacial score (nSPS) is 15.5. The largest absolute Gasteiger partial charge is 0.450 e. The third-order valence-electron chi connectivity index (χ3n) is 4.94. The van der Waals surface area contributed by atoms with E-state index in [0.29, 0.717) is 26.2 Å². The molecule has 0 atom stereocenters. The number of nitrogens with one attached hydrogen (secondary N) is 2. The van der Waals surface area contributed by atoms with Gasteiger partial charge in [0.15, 0.2) is 5.96 Å². The number of guanidine groups is 1. The number of aliphatic imine (C=N–C) groups is 1. The van der Waals surface area contributed by atoms with Gasteiger partial charge in [0.2, 0.25) is 0 Å². The molecule has 0 radical (unpaired) electrons. The van der Waals surface area contributed by atoms with E-state index in [9.17, 15) is 9.18 Å². The van der Waals surface area contributed by atoms with E-state index in [4.69, 9.17) is 9.73 Å². The van der Waals surface area contributed by atoms with Gasteiger partial charge in [0, 0.05) is 31.1 Å². The first-order valence-electron chi connectivity index (χ1n) is 10.1. The number of carbonyl (C=O) groups excluding carboxylic acids is 1. The number of halogens is 2. The molecule has 1 aliphatic rings. The topological polar surface area (TPSA) is 66.0 Å². The molecule has 1 aromatic rings. The van der Waals surface area contributed by atoms with Crippen LogP contribution in [0.4, 0.5) is 9.18 Å². The van der Waals surface area contributed by atoms with E-state index in [1.807, 2.05) is 19.9 Å². The van der Waals surface area contributed by atoms with Gasteiger partial charge in [0.05, 0.1) is 13.2 Å². The molecular formula is C21H34FIN4O2. The van der Waals surface area contributed by atoms with Crippen molar-refractivity contribution in [3.63, 3.8) is 0 Å². The Balaban J connectivity index is 0.00000420. The molecule has 6 nitrogen and oxygen atoms in total. The predicted molar refractivity (Wildman–Crippen MR) is 126 cm³/mol. The van der Waals surface area contributed by atoms with E-state index in [0.717, 1.165) is 30.9 Å². The minimum Gasteiger partial charge on any atom is -0.450 e. The molecule has 1 aliphatic heterocycles.